The molecule has 0 aliphatic carbocycles. The molecule has 3 heterocycles. The number of halogens is 1. The zero-order valence-corrected chi connectivity index (χ0v) is 23.8. The quantitative estimate of drug-likeness (QED) is 0.373. The number of ether oxygens (including phenoxy) is 3. The molecule has 1 aromatic heterocycles. The molecule has 2 aromatic carbocycles. The van der Waals surface area contributed by atoms with E-state index in [4.69, 9.17) is 18.6 Å². The van der Waals surface area contributed by atoms with Gasteiger partial charge in [0.2, 0.25) is 0 Å². The van der Waals surface area contributed by atoms with Crippen molar-refractivity contribution in [3.63, 3.8) is 0 Å². The number of carbonyl (C=O) groups is 1. The molecule has 5 rings (SSSR count). The fourth-order valence-electron chi connectivity index (χ4n) is 5.19. The molecule has 10 heteroatoms. The summed E-state index contributed by atoms with van der Waals surface area (Å²) in [5.41, 5.74) is 0.847. The topological polar surface area (TPSA) is 102 Å². The van der Waals surface area contributed by atoms with Crippen LogP contribution in [0.3, 0.4) is 0 Å². The van der Waals surface area contributed by atoms with Crippen LogP contribution in [0.2, 0.25) is 0 Å². The lowest BCUT2D eigenvalue weighted by atomic mass is 10.0. The first-order valence-corrected chi connectivity index (χ1v) is 14.1. The van der Waals surface area contributed by atoms with Gasteiger partial charge in [-0.25, -0.2) is 4.79 Å². The molecule has 208 valence electrons. The average Bonchev–Trinajstić information content (AvgIpc) is 2.95. The van der Waals surface area contributed by atoms with Crippen LogP contribution in [0.15, 0.2) is 50.1 Å². The Hall–Kier alpha value is -3.08. The van der Waals surface area contributed by atoms with Crippen molar-refractivity contribution >= 4 is 32.8 Å². The van der Waals surface area contributed by atoms with Crippen molar-refractivity contribution < 1.29 is 23.4 Å². The van der Waals surface area contributed by atoms with Gasteiger partial charge < -0.3 is 29.3 Å². The summed E-state index contributed by atoms with van der Waals surface area (Å²) < 4.78 is 23.2. The van der Waals surface area contributed by atoms with Crippen molar-refractivity contribution in [2.24, 2.45) is 0 Å². The molecule has 1 amide bonds. The maximum absolute atomic E-state index is 13.0. The number of amides is 1. The van der Waals surface area contributed by atoms with Gasteiger partial charge in [0.25, 0.3) is 5.91 Å². The van der Waals surface area contributed by atoms with Crippen LogP contribution >= 0.6 is 15.9 Å². The van der Waals surface area contributed by atoms with Crippen LogP contribution in [-0.2, 0) is 6.54 Å². The Balaban J connectivity index is 1.16. The Labute approximate surface area is 235 Å². The molecule has 2 fully saturated rings. The van der Waals surface area contributed by atoms with Crippen LogP contribution in [0.25, 0.3) is 11.0 Å². The fourth-order valence-corrected chi connectivity index (χ4v) is 5.71. The summed E-state index contributed by atoms with van der Waals surface area (Å²) in [7, 11) is 3.04. The summed E-state index contributed by atoms with van der Waals surface area (Å²) >= 11 is 3.68. The van der Waals surface area contributed by atoms with Crippen molar-refractivity contribution in [3.8, 4) is 17.2 Å². The summed E-state index contributed by atoms with van der Waals surface area (Å²) in [6.45, 7) is 4.51. The maximum atomic E-state index is 13.0. The Bertz CT molecular complexity index is 1380. The zero-order chi connectivity index (χ0) is 27.4. The molecule has 0 unspecified atom stereocenters. The third-order valence-corrected chi connectivity index (χ3v) is 8.01. The average molecular weight is 601 g/mol. The van der Waals surface area contributed by atoms with Gasteiger partial charge >= 0.3 is 5.63 Å². The van der Waals surface area contributed by atoms with Crippen LogP contribution in [0.4, 0.5) is 0 Å². The van der Waals surface area contributed by atoms with Gasteiger partial charge in [0.15, 0.2) is 11.5 Å². The van der Waals surface area contributed by atoms with E-state index in [2.05, 4.69) is 49.7 Å². The highest BCUT2D eigenvalue weighted by molar-refractivity contribution is 9.10. The first kappa shape index (κ1) is 27.5. The Morgan fingerprint density at radius 1 is 1.03 bits per heavy atom. The number of nitrogens with one attached hydrogen (secondary N) is 2. The second kappa shape index (κ2) is 12.4. The fraction of sp³-hybridized carbons (Fsp3) is 0.448. The summed E-state index contributed by atoms with van der Waals surface area (Å²) in [5.74, 6) is 1.41. The summed E-state index contributed by atoms with van der Waals surface area (Å²) in [6, 6.07) is 11.1. The van der Waals surface area contributed by atoms with E-state index in [-0.39, 0.29) is 17.7 Å². The van der Waals surface area contributed by atoms with Crippen molar-refractivity contribution in [2.75, 3.05) is 40.4 Å². The molecule has 0 radical (unpaired) electrons. The summed E-state index contributed by atoms with van der Waals surface area (Å²) in [5, 5.41) is 6.97. The summed E-state index contributed by atoms with van der Waals surface area (Å²) in [6.07, 6.45) is 3.90. The lowest BCUT2D eigenvalue weighted by Gasteiger charge is -2.32. The third kappa shape index (κ3) is 6.57. The van der Waals surface area contributed by atoms with Crippen LogP contribution in [0, 0.1) is 0 Å². The second-order valence-electron chi connectivity index (χ2n) is 10.0. The number of likely N-dealkylation sites (tertiary alicyclic amines) is 1. The highest BCUT2D eigenvalue weighted by Crippen LogP contribution is 2.32. The van der Waals surface area contributed by atoms with E-state index in [9.17, 15) is 9.59 Å². The predicted octanol–water partition coefficient (Wildman–Crippen LogP) is 4.10. The molecule has 2 N–H and O–H groups in total. The lowest BCUT2D eigenvalue weighted by Crippen LogP contribution is -2.45. The highest BCUT2D eigenvalue weighted by Gasteiger charge is 2.24. The maximum Gasteiger partial charge on any atom is 0.349 e. The van der Waals surface area contributed by atoms with Gasteiger partial charge in [-0.15, -0.1) is 0 Å². The van der Waals surface area contributed by atoms with Crippen molar-refractivity contribution in [1.29, 1.82) is 0 Å². The molecule has 0 spiro atoms. The second-order valence-corrected chi connectivity index (χ2v) is 10.9. The van der Waals surface area contributed by atoms with Crippen molar-refractivity contribution in [1.82, 2.24) is 15.5 Å². The molecule has 9 nitrogen and oxygen atoms in total. The Morgan fingerprint density at radius 2 is 1.74 bits per heavy atom. The van der Waals surface area contributed by atoms with Crippen LogP contribution in [-0.4, -0.2) is 63.4 Å². The zero-order valence-electron chi connectivity index (χ0n) is 22.3. The number of rotatable bonds is 8. The number of piperidine rings is 2. The molecule has 2 aliphatic rings. The molecule has 2 aliphatic heterocycles. The molecule has 0 bridgehead atoms. The van der Waals surface area contributed by atoms with Crippen molar-refractivity contribution in [2.45, 2.75) is 44.4 Å². The number of carbonyl (C=O) groups excluding carboxylic acids is 1. The van der Waals surface area contributed by atoms with Gasteiger partial charge in [-0.3, -0.25) is 9.69 Å². The van der Waals surface area contributed by atoms with E-state index in [1.54, 1.807) is 18.2 Å². The van der Waals surface area contributed by atoms with E-state index in [1.165, 1.54) is 19.8 Å². The Morgan fingerprint density at radius 3 is 2.44 bits per heavy atom. The number of fused-ring (bicyclic) bond motifs is 1. The number of benzene rings is 2. The van der Waals surface area contributed by atoms with Gasteiger partial charge in [0, 0.05) is 37.1 Å². The van der Waals surface area contributed by atoms with E-state index in [0.717, 1.165) is 68.6 Å². The third-order valence-electron chi connectivity index (χ3n) is 7.39. The smallest absolute Gasteiger partial charge is 0.349 e. The lowest BCUT2D eigenvalue weighted by molar-refractivity contribution is 0.0905. The minimum atomic E-state index is -0.678. The molecule has 39 heavy (non-hydrogen) atoms. The van der Waals surface area contributed by atoms with Gasteiger partial charge in [-0.05, 0) is 84.5 Å². The number of methoxy groups -OCH3 is 2. The van der Waals surface area contributed by atoms with E-state index >= 15 is 0 Å². The minimum absolute atomic E-state index is 0.0123. The number of hydrogen-bond acceptors (Lipinski definition) is 8. The van der Waals surface area contributed by atoms with E-state index in [0.29, 0.717) is 22.5 Å². The largest absolute Gasteiger partial charge is 0.493 e. The number of hydrogen-bond donors (Lipinski definition) is 2. The van der Waals surface area contributed by atoms with Crippen LogP contribution in [0.1, 0.15) is 41.6 Å². The van der Waals surface area contributed by atoms with E-state index < -0.39 is 11.5 Å². The van der Waals surface area contributed by atoms with Gasteiger partial charge in [0.1, 0.15) is 23.0 Å². The molecule has 2 saturated heterocycles. The summed E-state index contributed by atoms with van der Waals surface area (Å²) in [4.78, 5) is 27.9. The van der Waals surface area contributed by atoms with Gasteiger partial charge in [-0.2, -0.15) is 0 Å². The molecular formula is C29H34BrN3O6. The standard InChI is InChI=1S/C29H34BrN3O6/c1-36-26-15-19-14-22(29(35)39-25(19)16-27(26)37-2)28(34)32-20-7-11-33(12-8-20)17-18-3-4-24(23(30)13-18)38-21-5-9-31-10-6-21/h3-4,13-16,20-21,31H,5-12,17H2,1-2H3,(H,32,34). The van der Waals surface area contributed by atoms with Crippen molar-refractivity contribution in [3.05, 3.63) is 62.4 Å². The molecular weight excluding hydrogens is 566 g/mol. The van der Waals surface area contributed by atoms with Crippen LogP contribution < -0.4 is 30.5 Å². The number of nitrogens with zero attached hydrogens (tertiary/aromatic N) is 1. The first-order valence-electron chi connectivity index (χ1n) is 13.3. The highest BCUT2D eigenvalue weighted by atomic mass is 79.9. The van der Waals surface area contributed by atoms with Gasteiger partial charge in [0.05, 0.1) is 18.7 Å². The SMILES string of the molecule is COc1cc2cc(C(=O)NC3CCN(Cc4ccc(OC5CCNCC5)c(Br)c4)CC3)c(=O)oc2cc1OC. The normalized spacial score (nSPS) is 17.2. The Kier molecular flexibility index (Phi) is 8.74. The monoisotopic (exact) mass is 599 g/mol. The molecule has 0 atom stereocenters. The van der Waals surface area contributed by atoms with Crippen LogP contribution in [0.5, 0.6) is 17.2 Å². The predicted molar refractivity (Wildman–Crippen MR) is 152 cm³/mol. The molecule has 3 aromatic rings. The molecule has 0 saturated carbocycles. The van der Waals surface area contributed by atoms with E-state index in [1.807, 2.05) is 0 Å². The minimum Gasteiger partial charge on any atom is -0.493 e. The first-order chi connectivity index (χ1) is 18.9. The van der Waals surface area contributed by atoms with Gasteiger partial charge in [-0.1, -0.05) is 6.07 Å².